The van der Waals surface area contributed by atoms with Crippen LogP contribution in [0.25, 0.3) is 22.3 Å². The van der Waals surface area contributed by atoms with Crippen LogP contribution < -0.4 is 23.1 Å². The van der Waals surface area contributed by atoms with Gasteiger partial charge in [-0.3, -0.25) is 0 Å². The molecule has 0 bridgehead atoms. The molecule has 0 aromatic heterocycles. The number of hydrogen-bond donors (Lipinski definition) is 0. The lowest BCUT2D eigenvalue weighted by Gasteiger charge is -2.21. The summed E-state index contributed by atoms with van der Waals surface area (Å²) in [5.74, 6) is 0.981. The fourth-order valence-electron chi connectivity index (χ4n) is 3.75. The maximum atomic E-state index is 14.0. The van der Waals surface area contributed by atoms with Crippen molar-refractivity contribution in [1.82, 2.24) is 0 Å². The first kappa shape index (κ1) is 27.9. The second-order valence-corrected chi connectivity index (χ2v) is 10.1. The van der Waals surface area contributed by atoms with Gasteiger partial charge in [-0.2, -0.15) is 8.42 Å². The van der Waals surface area contributed by atoms with Gasteiger partial charge in [0.1, 0.15) is 18.2 Å². The van der Waals surface area contributed by atoms with Crippen molar-refractivity contribution in [3.8, 4) is 51.0 Å². The van der Waals surface area contributed by atoms with E-state index in [9.17, 15) is 12.8 Å². The smallest absolute Gasteiger partial charge is 0.306 e. The number of benzene rings is 3. The van der Waals surface area contributed by atoms with Gasteiger partial charge in [-0.1, -0.05) is 17.7 Å². The topological polar surface area (TPSA) is 80.3 Å². The predicted octanol–water partition coefficient (Wildman–Crippen LogP) is 6.18. The highest BCUT2D eigenvalue weighted by molar-refractivity contribution is 7.86. The fourth-order valence-corrected chi connectivity index (χ4v) is 4.21. The molecule has 9 heteroatoms. The Labute approximate surface area is 217 Å². The normalized spacial score (nSPS) is 11.0. The number of rotatable bonds is 10. The summed E-state index contributed by atoms with van der Waals surface area (Å²) in [4.78, 5) is 0. The van der Waals surface area contributed by atoms with Gasteiger partial charge in [0, 0.05) is 5.56 Å². The standard InChI is InChI=1S/C28H31FO7S/c1-17(2)12-13-35-23-11-9-20(15-24(23)32-4)26-25(33-5)16-21(19-8-10-22(29)18(3)14-19)27(34-6)28(26)36-37(7,30)31/h8-12,14-16H,13H2,1-7H3. The highest BCUT2D eigenvalue weighted by Gasteiger charge is 2.27. The van der Waals surface area contributed by atoms with Gasteiger partial charge in [-0.05, 0) is 73.9 Å². The molecule has 0 saturated heterocycles. The van der Waals surface area contributed by atoms with Crippen molar-refractivity contribution in [2.24, 2.45) is 0 Å². The van der Waals surface area contributed by atoms with Crippen LogP contribution in [0.4, 0.5) is 4.39 Å². The molecule has 0 radical (unpaired) electrons. The lowest BCUT2D eigenvalue weighted by Crippen LogP contribution is -2.09. The highest BCUT2D eigenvalue weighted by Crippen LogP contribution is 2.51. The summed E-state index contributed by atoms with van der Waals surface area (Å²) in [5.41, 5.74) is 3.48. The van der Waals surface area contributed by atoms with Crippen LogP contribution in [0.1, 0.15) is 19.4 Å². The summed E-state index contributed by atoms with van der Waals surface area (Å²) < 4.78 is 66.8. The first-order valence-electron chi connectivity index (χ1n) is 11.4. The molecule has 0 aliphatic rings. The Morgan fingerprint density at radius 2 is 1.54 bits per heavy atom. The minimum Gasteiger partial charge on any atom is -0.496 e. The quantitative estimate of drug-likeness (QED) is 0.229. The molecule has 0 N–H and O–H groups in total. The molecule has 3 aromatic rings. The van der Waals surface area contributed by atoms with E-state index in [1.807, 2.05) is 19.9 Å². The molecule has 0 spiro atoms. The highest BCUT2D eigenvalue weighted by atomic mass is 32.2. The van der Waals surface area contributed by atoms with Gasteiger partial charge >= 0.3 is 10.1 Å². The second-order valence-electron chi connectivity index (χ2n) is 8.57. The lowest BCUT2D eigenvalue weighted by atomic mass is 9.95. The van der Waals surface area contributed by atoms with Gasteiger partial charge in [0.05, 0.1) is 33.1 Å². The third kappa shape index (κ3) is 6.54. The molecule has 0 aliphatic carbocycles. The molecular weight excluding hydrogens is 499 g/mol. The van der Waals surface area contributed by atoms with Crippen LogP contribution in [0.15, 0.2) is 54.1 Å². The molecule has 198 valence electrons. The van der Waals surface area contributed by atoms with Crippen LogP contribution in [0, 0.1) is 12.7 Å². The third-order valence-electron chi connectivity index (χ3n) is 5.51. The number of ether oxygens (including phenoxy) is 4. The zero-order valence-corrected chi connectivity index (χ0v) is 22.8. The van der Waals surface area contributed by atoms with Gasteiger partial charge in [0.15, 0.2) is 23.0 Å². The Kier molecular flexibility index (Phi) is 8.70. The van der Waals surface area contributed by atoms with Gasteiger partial charge < -0.3 is 23.1 Å². The summed E-state index contributed by atoms with van der Waals surface area (Å²) in [6.07, 6.45) is 2.88. The van der Waals surface area contributed by atoms with E-state index < -0.39 is 10.1 Å². The second kappa shape index (κ2) is 11.6. The molecule has 37 heavy (non-hydrogen) atoms. The molecule has 7 nitrogen and oxygen atoms in total. The first-order chi connectivity index (χ1) is 17.5. The summed E-state index contributed by atoms with van der Waals surface area (Å²) in [6, 6.07) is 11.4. The molecule has 0 atom stereocenters. The van der Waals surface area contributed by atoms with Crippen molar-refractivity contribution in [2.45, 2.75) is 20.8 Å². The maximum absolute atomic E-state index is 14.0. The van der Waals surface area contributed by atoms with Gasteiger partial charge in [-0.25, -0.2) is 4.39 Å². The number of aryl methyl sites for hydroxylation is 1. The van der Waals surface area contributed by atoms with E-state index in [4.69, 9.17) is 23.1 Å². The summed E-state index contributed by atoms with van der Waals surface area (Å²) in [6.45, 7) is 5.95. The molecule has 0 fully saturated rings. The predicted molar refractivity (Wildman–Crippen MR) is 142 cm³/mol. The monoisotopic (exact) mass is 530 g/mol. The van der Waals surface area contributed by atoms with Crippen molar-refractivity contribution in [2.75, 3.05) is 34.2 Å². The Morgan fingerprint density at radius 3 is 2.11 bits per heavy atom. The summed E-state index contributed by atoms with van der Waals surface area (Å²) in [5, 5.41) is 0. The van der Waals surface area contributed by atoms with Crippen molar-refractivity contribution in [1.29, 1.82) is 0 Å². The van der Waals surface area contributed by atoms with Crippen LogP contribution in [0.5, 0.6) is 28.7 Å². The lowest BCUT2D eigenvalue weighted by molar-refractivity contribution is 0.326. The van der Waals surface area contributed by atoms with E-state index in [2.05, 4.69) is 0 Å². The molecule has 0 aliphatic heterocycles. The van der Waals surface area contributed by atoms with E-state index in [0.29, 0.717) is 51.7 Å². The van der Waals surface area contributed by atoms with E-state index >= 15 is 0 Å². The Balaban J connectivity index is 2.29. The van der Waals surface area contributed by atoms with E-state index in [-0.39, 0.29) is 17.3 Å². The van der Waals surface area contributed by atoms with E-state index in [1.165, 1.54) is 27.4 Å². The average Bonchev–Trinajstić information content (AvgIpc) is 2.84. The van der Waals surface area contributed by atoms with Crippen LogP contribution in [-0.4, -0.2) is 42.6 Å². The summed E-state index contributed by atoms with van der Waals surface area (Å²) >= 11 is 0. The Hall–Kier alpha value is -3.72. The zero-order chi connectivity index (χ0) is 27.3. The first-order valence-corrected chi connectivity index (χ1v) is 13.2. The average molecular weight is 531 g/mol. The van der Waals surface area contributed by atoms with Gasteiger partial charge in [0.25, 0.3) is 0 Å². The number of allylic oxidation sites excluding steroid dienone is 1. The van der Waals surface area contributed by atoms with Gasteiger partial charge in [-0.15, -0.1) is 0 Å². The molecule has 3 aromatic carbocycles. The van der Waals surface area contributed by atoms with E-state index in [0.717, 1.165) is 11.8 Å². The number of methoxy groups -OCH3 is 3. The van der Waals surface area contributed by atoms with Crippen molar-refractivity contribution >= 4 is 10.1 Å². The maximum Gasteiger partial charge on any atom is 0.306 e. The van der Waals surface area contributed by atoms with Crippen molar-refractivity contribution < 1.29 is 35.9 Å². The van der Waals surface area contributed by atoms with Gasteiger partial charge in [0.2, 0.25) is 0 Å². The van der Waals surface area contributed by atoms with Crippen LogP contribution in [-0.2, 0) is 10.1 Å². The van der Waals surface area contributed by atoms with E-state index in [1.54, 1.807) is 43.3 Å². The van der Waals surface area contributed by atoms with Crippen LogP contribution >= 0.6 is 0 Å². The van der Waals surface area contributed by atoms with Crippen LogP contribution in [0.3, 0.4) is 0 Å². The molecule has 3 rings (SSSR count). The largest absolute Gasteiger partial charge is 0.496 e. The molecule has 0 saturated carbocycles. The number of hydrogen-bond acceptors (Lipinski definition) is 7. The fraction of sp³-hybridized carbons (Fsp3) is 0.286. The third-order valence-corrected chi connectivity index (χ3v) is 5.98. The zero-order valence-electron chi connectivity index (χ0n) is 22.0. The van der Waals surface area contributed by atoms with Crippen molar-refractivity contribution in [3.05, 3.63) is 65.5 Å². The Morgan fingerprint density at radius 1 is 0.865 bits per heavy atom. The van der Waals surface area contributed by atoms with Crippen molar-refractivity contribution in [3.63, 3.8) is 0 Å². The molecule has 0 amide bonds. The summed E-state index contributed by atoms with van der Waals surface area (Å²) in [7, 11) is 0.397. The SMILES string of the molecule is COc1cc(-c2c(OC)cc(-c3ccc(F)c(C)c3)c(OC)c2OS(C)(=O)=O)ccc1OCC=C(C)C. The molecular formula is C28H31FO7S. The minimum atomic E-state index is -3.98. The number of halogens is 1. The van der Waals surface area contributed by atoms with Crippen LogP contribution in [0.2, 0.25) is 0 Å². The Bertz CT molecular complexity index is 1420. The minimum absolute atomic E-state index is 0.0680. The molecule has 0 unspecified atom stereocenters. The molecule has 0 heterocycles.